The Morgan fingerprint density at radius 1 is 0.875 bits per heavy atom. The molecule has 2 aromatic carbocycles. The van der Waals surface area contributed by atoms with Gasteiger partial charge in [0.15, 0.2) is 0 Å². The molecule has 2 aromatic rings. The predicted octanol–water partition coefficient (Wildman–Crippen LogP) is 3.99. The fourth-order valence-corrected chi connectivity index (χ4v) is 4.25. The van der Waals surface area contributed by atoms with E-state index in [1.807, 2.05) is 60.7 Å². The Labute approximate surface area is 142 Å². The van der Waals surface area contributed by atoms with Gasteiger partial charge in [0, 0.05) is 17.0 Å². The van der Waals surface area contributed by atoms with Gasteiger partial charge in [-0.3, -0.25) is 4.79 Å². The molecule has 0 aromatic heterocycles. The Morgan fingerprint density at radius 2 is 1.50 bits per heavy atom. The summed E-state index contributed by atoms with van der Waals surface area (Å²) in [5.74, 6) is 1.58. The maximum Gasteiger partial charge on any atom is 0.243 e. The fourth-order valence-electron chi connectivity index (χ4n) is 4.25. The normalized spacial score (nSPS) is 24.6. The smallest absolute Gasteiger partial charge is 0.243 e. The lowest BCUT2D eigenvalue weighted by atomic mass is 9.88. The van der Waals surface area contributed by atoms with Gasteiger partial charge in [0.25, 0.3) is 0 Å². The van der Waals surface area contributed by atoms with Gasteiger partial charge in [0.05, 0.1) is 5.71 Å². The number of nitrogens with zero attached hydrogens (tertiary/aromatic N) is 1. The van der Waals surface area contributed by atoms with Crippen molar-refractivity contribution in [1.29, 1.82) is 0 Å². The molecule has 24 heavy (non-hydrogen) atoms. The van der Waals surface area contributed by atoms with E-state index >= 15 is 0 Å². The first-order valence-corrected chi connectivity index (χ1v) is 8.79. The number of hydrogen-bond acceptors (Lipinski definition) is 2. The van der Waals surface area contributed by atoms with E-state index in [0.717, 1.165) is 29.2 Å². The third-order valence-electron chi connectivity index (χ3n) is 5.45. The molecule has 2 bridgehead atoms. The molecule has 0 spiro atoms. The van der Waals surface area contributed by atoms with Crippen LogP contribution in [0.4, 0.5) is 0 Å². The van der Waals surface area contributed by atoms with Crippen LogP contribution in [0.2, 0.25) is 0 Å². The lowest BCUT2D eigenvalue weighted by molar-refractivity contribution is -0.126. The maximum absolute atomic E-state index is 12.6. The van der Waals surface area contributed by atoms with Crippen LogP contribution >= 0.6 is 0 Å². The van der Waals surface area contributed by atoms with Crippen molar-refractivity contribution in [3.05, 3.63) is 71.8 Å². The number of nitrogens with one attached hydrogen (secondary N) is 1. The van der Waals surface area contributed by atoms with Crippen LogP contribution in [0.1, 0.15) is 36.8 Å². The molecule has 0 saturated heterocycles. The Bertz CT molecular complexity index is 697. The number of hydrogen-bond donors (Lipinski definition) is 1. The minimum Gasteiger partial charge on any atom is -0.273 e. The van der Waals surface area contributed by atoms with Crippen LogP contribution in [-0.4, -0.2) is 11.6 Å². The fraction of sp³-hybridized carbons (Fsp3) is 0.333. The van der Waals surface area contributed by atoms with Gasteiger partial charge in [-0.25, -0.2) is 5.43 Å². The number of fused-ring (bicyclic) bond motifs is 2. The summed E-state index contributed by atoms with van der Waals surface area (Å²) in [6.45, 7) is 0. The molecule has 1 amide bonds. The summed E-state index contributed by atoms with van der Waals surface area (Å²) in [6.07, 6.45) is 4.78. The summed E-state index contributed by atoms with van der Waals surface area (Å²) in [5, 5.41) is 4.51. The molecule has 0 radical (unpaired) electrons. The van der Waals surface area contributed by atoms with Crippen molar-refractivity contribution in [2.24, 2.45) is 22.9 Å². The van der Waals surface area contributed by atoms with Crippen molar-refractivity contribution in [3.63, 3.8) is 0 Å². The molecule has 1 N–H and O–H groups in total. The third kappa shape index (κ3) is 2.99. The van der Waals surface area contributed by atoms with Gasteiger partial charge >= 0.3 is 0 Å². The first-order valence-electron chi connectivity index (χ1n) is 8.79. The minimum absolute atomic E-state index is 0.0894. The van der Waals surface area contributed by atoms with E-state index in [9.17, 15) is 4.79 Å². The van der Waals surface area contributed by atoms with Crippen LogP contribution in [0.15, 0.2) is 65.8 Å². The second-order valence-electron chi connectivity index (χ2n) is 6.95. The molecule has 0 aliphatic heterocycles. The van der Waals surface area contributed by atoms with Gasteiger partial charge in [0.2, 0.25) is 5.91 Å². The highest BCUT2D eigenvalue weighted by atomic mass is 16.2. The zero-order chi connectivity index (χ0) is 16.4. The molecule has 4 rings (SSSR count). The molecule has 2 saturated carbocycles. The van der Waals surface area contributed by atoms with E-state index in [0.29, 0.717) is 5.92 Å². The summed E-state index contributed by atoms with van der Waals surface area (Å²) in [6, 6.07) is 20.0. The average molecular weight is 318 g/mol. The maximum atomic E-state index is 12.6. The van der Waals surface area contributed by atoms with Gasteiger partial charge in [-0.1, -0.05) is 67.1 Å². The van der Waals surface area contributed by atoms with Crippen molar-refractivity contribution in [3.8, 4) is 0 Å². The van der Waals surface area contributed by atoms with Crippen LogP contribution in [0, 0.1) is 17.8 Å². The van der Waals surface area contributed by atoms with Crippen LogP contribution in [0.25, 0.3) is 0 Å². The second kappa shape index (κ2) is 6.60. The lowest BCUT2D eigenvalue weighted by Gasteiger charge is -2.19. The highest BCUT2D eigenvalue weighted by molar-refractivity contribution is 6.13. The van der Waals surface area contributed by atoms with E-state index in [4.69, 9.17) is 0 Å². The third-order valence-corrected chi connectivity index (χ3v) is 5.45. The highest BCUT2D eigenvalue weighted by Gasteiger charge is 2.43. The second-order valence-corrected chi connectivity index (χ2v) is 6.95. The van der Waals surface area contributed by atoms with E-state index in [1.54, 1.807) is 0 Å². The average Bonchev–Trinajstić information content (AvgIpc) is 3.27. The molecule has 3 unspecified atom stereocenters. The van der Waals surface area contributed by atoms with Crippen molar-refractivity contribution >= 4 is 11.6 Å². The molecule has 3 atom stereocenters. The Morgan fingerprint density at radius 3 is 2.00 bits per heavy atom. The number of carbonyl (C=O) groups excluding carboxylic acids is 1. The summed E-state index contributed by atoms with van der Waals surface area (Å²) >= 11 is 0. The first-order chi connectivity index (χ1) is 11.8. The molecule has 2 aliphatic rings. The molecule has 0 heterocycles. The quantitative estimate of drug-likeness (QED) is 0.672. The van der Waals surface area contributed by atoms with Gasteiger partial charge in [-0.2, -0.15) is 5.10 Å². The largest absolute Gasteiger partial charge is 0.273 e. The molecule has 2 aliphatic carbocycles. The first kappa shape index (κ1) is 15.1. The van der Waals surface area contributed by atoms with Crippen molar-refractivity contribution in [2.75, 3.05) is 0 Å². The molecule has 2 fully saturated rings. The zero-order valence-corrected chi connectivity index (χ0v) is 13.7. The van der Waals surface area contributed by atoms with Crippen LogP contribution in [-0.2, 0) is 4.79 Å². The SMILES string of the molecule is O=C(NN=C(c1ccccc1)c1ccccc1)C1CC2CCC1C2. The van der Waals surface area contributed by atoms with Crippen molar-refractivity contribution in [2.45, 2.75) is 25.7 Å². The molecule has 3 heteroatoms. The summed E-state index contributed by atoms with van der Waals surface area (Å²) in [4.78, 5) is 12.6. The van der Waals surface area contributed by atoms with Gasteiger partial charge in [-0.15, -0.1) is 0 Å². The van der Waals surface area contributed by atoms with Crippen molar-refractivity contribution in [1.82, 2.24) is 5.43 Å². The van der Waals surface area contributed by atoms with E-state index in [-0.39, 0.29) is 11.8 Å². The number of rotatable bonds is 4. The van der Waals surface area contributed by atoms with Crippen LogP contribution < -0.4 is 5.43 Å². The summed E-state index contributed by atoms with van der Waals surface area (Å²) < 4.78 is 0. The van der Waals surface area contributed by atoms with Gasteiger partial charge < -0.3 is 0 Å². The topological polar surface area (TPSA) is 41.5 Å². The van der Waals surface area contributed by atoms with Crippen LogP contribution in [0.5, 0.6) is 0 Å². The Hall–Kier alpha value is -2.42. The summed E-state index contributed by atoms with van der Waals surface area (Å²) in [7, 11) is 0. The standard InChI is InChI=1S/C21H22N2O/c24-21(19-14-15-11-12-18(19)13-15)23-22-20(16-7-3-1-4-8-16)17-9-5-2-6-10-17/h1-10,15,18-19H,11-14H2,(H,23,24). The van der Waals surface area contributed by atoms with E-state index < -0.39 is 0 Å². The Balaban J connectivity index is 1.57. The molecule has 3 nitrogen and oxygen atoms in total. The number of amides is 1. The monoisotopic (exact) mass is 318 g/mol. The molecular formula is C21H22N2O. The number of hydrazone groups is 1. The number of carbonyl (C=O) groups is 1. The molecular weight excluding hydrogens is 296 g/mol. The lowest BCUT2D eigenvalue weighted by Crippen LogP contribution is -2.31. The number of benzene rings is 2. The van der Waals surface area contributed by atoms with Crippen molar-refractivity contribution < 1.29 is 4.79 Å². The van der Waals surface area contributed by atoms with Gasteiger partial charge in [0.1, 0.15) is 0 Å². The highest BCUT2D eigenvalue weighted by Crippen LogP contribution is 2.48. The molecule has 122 valence electrons. The minimum atomic E-state index is 0.0894. The van der Waals surface area contributed by atoms with Gasteiger partial charge in [-0.05, 0) is 31.1 Å². The zero-order valence-electron chi connectivity index (χ0n) is 13.7. The predicted molar refractivity (Wildman–Crippen MR) is 95.6 cm³/mol. The summed E-state index contributed by atoms with van der Waals surface area (Å²) in [5.41, 5.74) is 5.69. The van der Waals surface area contributed by atoms with E-state index in [1.165, 1.54) is 19.3 Å². The van der Waals surface area contributed by atoms with Crippen LogP contribution in [0.3, 0.4) is 0 Å². The Kier molecular flexibility index (Phi) is 4.16. The van der Waals surface area contributed by atoms with E-state index in [2.05, 4.69) is 10.5 Å².